The molecule has 108 valence electrons. The van der Waals surface area contributed by atoms with Gasteiger partial charge in [-0.05, 0) is 61.0 Å². The highest BCUT2D eigenvalue weighted by atomic mass is 79.9. The van der Waals surface area contributed by atoms with E-state index >= 15 is 0 Å². The molecule has 2 nitrogen and oxygen atoms in total. The third-order valence-corrected chi connectivity index (χ3v) is 6.21. The van der Waals surface area contributed by atoms with Crippen LogP contribution in [0.1, 0.15) is 44.2 Å². The second kappa shape index (κ2) is 4.23. The van der Waals surface area contributed by atoms with Crippen LogP contribution in [0.15, 0.2) is 16.6 Å². The van der Waals surface area contributed by atoms with Crippen molar-refractivity contribution in [2.45, 2.75) is 43.9 Å². The van der Waals surface area contributed by atoms with E-state index in [4.69, 9.17) is 0 Å². The fourth-order valence-corrected chi connectivity index (χ4v) is 4.92. The van der Waals surface area contributed by atoms with E-state index in [1.54, 1.807) is 16.8 Å². The Balaban J connectivity index is 1.93. The first kappa shape index (κ1) is 13.1. The van der Waals surface area contributed by atoms with Gasteiger partial charge in [0.25, 0.3) is 0 Å². The molecule has 0 unspecified atom stereocenters. The summed E-state index contributed by atoms with van der Waals surface area (Å²) in [6, 6.07) is 4.77. The van der Waals surface area contributed by atoms with E-state index in [2.05, 4.69) is 52.1 Å². The van der Waals surface area contributed by atoms with Crippen molar-refractivity contribution in [1.82, 2.24) is 5.32 Å². The molecule has 3 aliphatic heterocycles. The number of benzene rings is 1. The molecule has 3 heteroatoms. The number of nitrogens with zero attached hydrogens (tertiary/aromatic N) is 1. The first-order valence-corrected chi connectivity index (χ1v) is 8.61. The lowest BCUT2D eigenvalue weighted by molar-refractivity contribution is 0.323. The Labute approximate surface area is 130 Å². The summed E-state index contributed by atoms with van der Waals surface area (Å²) < 4.78 is 1.26. The molecule has 0 radical (unpaired) electrons. The zero-order valence-electron chi connectivity index (χ0n) is 12.4. The fraction of sp³-hybridized carbons (Fsp3) is 0.647. The highest BCUT2D eigenvalue weighted by Crippen LogP contribution is 2.53. The van der Waals surface area contributed by atoms with Crippen molar-refractivity contribution in [2.24, 2.45) is 0 Å². The second-order valence-electron chi connectivity index (χ2n) is 7.44. The van der Waals surface area contributed by atoms with Gasteiger partial charge >= 0.3 is 0 Å². The number of piperidine rings is 1. The van der Waals surface area contributed by atoms with Crippen molar-refractivity contribution >= 4 is 21.6 Å². The van der Waals surface area contributed by atoms with Gasteiger partial charge in [-0.15, -0.1) is 0 Å². The van der Waals surface area contributed by atoms with E-state index in [0.29, 0.717) is 10.8 Å². The molecule has 4 rings (SSSR count). The van der Waals surface area contributed by atoms with E-state index in [1.165, 1.54) is 49.9 Å². The third kappa shape index (κ3) is 1.72. The third-order valence-electron chi connectivity index (χ3n) is 5.75. The molecular weight excluding hydrogens is 312 g/mol. The van der Waals surface area contributed by atoms with E-state index in [0.717, 1.165) is 0 Å². The second-order valence-corrected chi connectivity index (χ2v) is 8.35. The standard InChI is InChI=1S/C17H23BrN2/c1-16(2)5-8-20-11-17(3-6-19-7-4-17)14-10-12(18)9-13(16)15(14)20/h9-10,19H,3-8,11H2,1-2H3. The minimum absolute atomic E-state index is 0.308. The van der Waals surface area contributed by atoms with Crippen LogP contribution in [0.25, 0.3) is 0 Å². The maximum absolute atomic E-state index is 3.77. The van der Waals surface area contributed by atoms with Crippen molar-refractivity contribution < 1.29 is 0 Å². The molecule has 1 saturated heterocycles. The van der Waals surface area contributed by atoms with Crippen LogP contribution < -0.4 is 10.2 Å². The molecule has 3 heterocycles. The molecule has 0 saturated carbocycles. The zero-order valence-corrected chi connectivity index (χ0v) is 14.0. The van der Waals surface area contributed by atoms with Gasteiger partial charge in [-0.25, -0.2) is 0 Å². The van der Waals surface area contributed by atoms with Gasteiger partial charge in [0.1, 0.15) is 0 Å². The maximum Gasteiger partial charge on any atom is 0.0444 e. The number of anilines is 1. The quantitative estimate of drug-likeness (QED) is 0.780. The molecule has 0 bridgehead atoms. The van der Waals surface area contributed by atoms with E-state index in [-0.39, 0.29) is 0 Å². The van der Waals surface area contributed by atoms with E-state index in [9.17, 15) is 0 Å². The normalized spacial score (nSPS) is 25.9. The Hall–Kier alpha value is -0.540. The summed E-state index contributed by atoms with van der Waals surface area (Å²) in [5.41, 5.74) is 5.47. The van der Waals surface area contributed by atoms with Gasteiger partial charge in [0.2, 0.25) is 0 Å². The van der Waals surface area contributed by atoms with Gasteiger partial charge < -0.3 is 10.2 Å². The minimum Gasteiger partial charge on any atom is -0.370 e. The van der Waals surface area contributed by atoms with Crippen molar-refractivity contribution in [1.29, 1.82) is 0 Å². The monoisotopic (exact) mass is 334 g/mol. The summed E-state index contributed by atoms with van der Waals surface area (Å²) in [5, 5.41) is 3.53. The average Bonchev–Trinajstić information content (AvgIpc) is 2.70. The predicted octanol–water partition coefficient (Wildman–Crippen LogP) is 3.57. The van der Waals surface area contributed by atoms with Gasteiger partial charge in [-0.2, -0.15) is 0 Å². The molecule has 3 aliphatic rings. The lowest BCUT2D eigenvalue weighted by Crippen LogP contribution is -2.44. The zero-order chi connectivity index (χ0) is 14.0. The topological polar surface area (TPSA) is 15.3 Å². The van der Waals surface area contributed by atoms with Gasteiger partial charge in [-0.3, -0.25) is 0 Å². The average molecular weight is 335 g/mol. The largest absolute Gasteiger partial charge is 0.370 e. The highest BCUT2D eigenvalue weighted by Gasteiger charge is 2.47. The Kier molecular flexibility index (Phi) is 2.78. The highest BCUT2D eigenvalue weighted by molar-refractivity contribution is 9.10. The molecule has 1 aromatic carbocycles. The summed E-state index contributed by atoms with van der Waals surface area (Å²) >= 11 is 3.77. The first-order valence-electron chi connectivity index (χ1n) is 7.82. The number of rotatable bonds is 0. The Morgan fingerprint density at radius 2 is 1.80 bits per heavy atom. The predicted molar refractivity (Wildman–Crippen MR) is 87.8 cm³/mol. The summed E-state index contributed by atoms with van der Waals surface area (Å²) in [4.78, 5) is 2.67. The van der Waals surface area contributed by atoms with Gasteiger partial charge in [-0.1, -0.05) is 29.8 Å². The van der Waals surface area contributed by atoms with Crippen molar-refractivity contribution in [3.8, 4) is 0 Å². The van der Waals surface area contributed by atoms with Crippen LogP contribution in [0.5, 0.6) is 0 Å². The van der Waals surface area contributed by atoms with E-state index in [1.807, 2.05) is 0 Å². The van der Waals surface area contributed by atoms with Crippen LogP contribution in [0, 0.1) is 0 Å². The van der Waals surface area contributed by atoms with Crippen LogP contribution in [0.2, 0.25) is 0 Å². The molecular formula is C17H23BrN2. The summed E-state index contributed by atoms with van der Waals surface area (Å²) in [6.07, 6.45) is 3.84. The molecule has 1 fully saturated rings. The molecule has 1 spiro atoms. The maximum atomic E-state index is 3.77. The smallest absolute Gasteiger partial charge is 0.0444 e. The van der Waals surface area contributed by atoms with Gasteiger partial charge in [0, 0.05) is 28.7 Å². The van der Waals surface area contributed by atoms with Crippen LogP contribution in [-0.4, -0.2) is 26.2 Å². The summed E-state index contributed by atoms with van der Waals surface area (Å²) in [6.45, 7) is 9.60. The van der Waals surface area contributed by atoms with E-state index < -0.39 is 0 Å². The Morgan fingerprint density at radius 1 is 1.10 bits per heavy atom. The van der Waals surface area contributed by atoms with Crippen LogP contribution >= 0.6 is 15.9 Å². The number of fused-ring (bicyclic) bond motifs is 1. The Bertz CT molecular complexity index is 558. The number of hydrogen-bond acceptors (Lipinski definition) is 2. The van der Waals surface area contributed by atoms with Crippen molar-refractivity contribution in [3.05, 3.63) is 27.7 Å². The SMILES string of the molecule is CC1(C)CCN2CC3(CCNCC3)c3cc(Br)cc1c32. The lowest BCUT2D eigenvalue weighted by Gasteiger charge is -2.38. The number of halogens is 1. The van der Waals surface area contributed by atoms with Gasteiger partial charge in [0.05, 0.1) is 0 Å². The number of nitrogens with one attached hydrogen (secondary N) is 1. The lowest BCUT2D eigenvalue weighted by atomic mass is 9.72. The van der Waals surface area contributed by atoms with Crippen molar-refractivity contribution in [2.75, 3.05) is 31.1 Å². The van der Waals surface area contributed by atoms with Crippen LogP contribution in [0.3, 0.4) is 0 Å². The minimum atomic E-state index is 0.308. The molecule has 0 atom stereocenters. The first-order chi connectivity index (χ1) is 9.52. The number of hydrogen-bond donors (Lipinski definition) is 1. The van der Waals surface area contributed by atoms with Crippen LogP contribution in [0.4, 0.5) is 5.69 Å². The summed E-state index contributed by atoms with van der Waals surface area (Å²) in [5.74, 6) is 0. The Morgan fingerprint density at radius 3 is 2.55 bits per heavy atom. The molecule has 0 aromatic heterocycles. The van der Waals surface area contributed by atoms with Crippen molar-refractivity contribution in [3.63, 3.8) is 0 Å². The summed E-state index contributed by atoms with van der Waals surface area (Å²) in [7, 11) is 0. The molecule has 1 N–H and O–H groups in total. The molecule has 0 aliphatic carbocycles. The van der Waals surface area contributed by atoms with Gasteiger partial charge in [0.15, 0.2) is 0 Å². The fourth-order valence-electron chi connectivity index (χ4n) is 4.46. The molecule has 1 aromatic rings. The molecule has 20 heavy (non-hydrogen) atoms. The van der Waals surface area contributed by atoms with Crippen LogP contribution in [-0.2, 0) is 10.8 Å². The molecule has 0 amide bonds.